The van der Waals surface area contributed by atoms with Crippen LogP contribution in [0.1, 0.15) is 29.1 Å². The minimum Gasteiger partial charge on any atom is -0.497 e. The van der Waals surface area contributed by atoms with Gasteiger partial charge in [-0.2, -0.15) is 0 Å². The number of nitrogens with zero attached hydrogens (tertiary/aromatic N) is 1. The summed E-state index contributed by atoms with van der Waals surface area (Å²) in [6.07, 6.45) is 1.46. The molecule has 2 amide bonds. The zero-order valence-corrected chi connectivity index (χ0v) is 13.9. The minimum absolute atomic E-state index is 0.186. The lowest BCUT2D eigenvalue weighted by molar-refractivity contribution is -0.115. The Bertz CT molecular complexity index is 640. The summed E-state index contributed by atoms with van der Waals surface area (Å²) in [6, 6.07) is 7.14. The second-order valence-electron chi connectivity index (χ2n) is 4.04. The summed E-state index contributed by atoms with van der Waals surface area (Å²) >= 11 is 0.975. The van der Waals surface area contributed by atoms with Crippen LogP contribution in [0.3, 0.4) is 0 Å². The van der Waals surface area contributed by atoms with E-state index < -0.39 is 5.91 Å². The smallest absolute Gasteiger partial charge is 0.286 e. The van der Waals surface area contributed by atoms with E-state index in [1.165, 1.54) is 11.7 Å². The first-order valence-corrected chi connectivity index (χ1v) is 7.77. The van der Waals surface area contributed by atoms with Crippen LogP contribution in [-0.2, 0) is 11.2 Å². The van der Waals surface area contributed by atoms with Gasteiger partial charge in [0.25, 0.3) is 5.91 Å². The van der Waals surface area contributed by atoms with Crippen molar-refractivity contribution in [3.05, 3.63) is 40.9 Å². The molecule has 0 unspecified atom stereocenters. The average Bonchev–Trinajstić information content (AvgIpc) is 3.05. The molecule has 0 radical (unpaired) electrons. The Labute approximate surface area is 138 Å². The summed E-state index contributed by atoms with van der Waals surface area (Å²) in [5, 5.41) is 11.4. The fraction of sp³-hybridized carbons (Fsp3) is 0.267. The molecule has 0 spiro atoms. The molecule has 3 N–H and O–H groups in total. The van der Waals surface area contributed by atoms with E-state index in [9.17, 15) is 9.59 Å². The number of aromatic nitrogens is 1. The van der Waals surface area contributed by atoms with E-state index in [0.717, 1.165) is 22.6 Å². The van der Waals surface area contributed by atoms with Crippen LogP contribution in [-0.4, -0.2) is 29.1 Å². The van der Waals surface area contributed by atoms with Gasteiger partial charge in [-0.25, -0.2) is 10.5 Å². The molecule has 0 saturated heterocycles. The number of methoxy groups -OCH3 is 1. The molecule has 2 rings (SSSR count). The fourth-order valence-corrected chi connectivity index (χ4v) is 2.31. The Morgan fingerprint density at radius 3 is 2.48 bits per heavy atom. The number of benzene rings is 1. The molecule has 23 heavy (non-hydrogen) atoms. The van der Waals surface area contributed by atoms with Crippen molar-refractivity contribution in [3.63, 3.8) is 0 Å². The third-order valence-corrected chi connectivity index (χ3v) is 3.51. The number of hydroxylamine groups is 1. The molecule has 7 nitrogen and oxygen atoms in total. The second kappa shape index (κ2) is 9.54. The molecule has 0 aliphatic heterocycles. The highest BCUT2D eigenvalue weighted by Crippen LogP contribution is 2.18. The van der Waals surface area contributed by atoms with Crippen molar-refractivity contribution in [2.45, 2.75) is 20.3 Å². The summed E-state index contributed by atoms with van der Waals surface area (Å²) in [4.78, 5) is 27.1. The number of carbonyl (C=O) groups excluding carboxylic acids is 2. The van der Waals surface area contributed by atoms with Crippen molar-refractivity contribution in [3.8, 4) is 5.75 Å². The lowest BCUT2D eigenvalue weighted by atomic mass is 10.1. The summed E-state index contributed by atoms with van der Waals surface area (Å²) in [5.74, 6) is -0.188. The SMILES string of the molecule is CC.COc1ccc(CC(=O)Nc2ncc(C(=O)NO)s2)cc1. The number of nitrogens with one attached hydrogen (secondary N) is 2. The van der Waals surface area contributed by atoms with E-state index in [1.807, 2.05) is 13.8 Å². The molecule has 1 heterocycles. The Hall–Kier alpha value is -2.45. The van der Waals surface area contributed by atoms with Crippen LogP contribution in [0, 0.1) is 0 Å². The van der Waals surface area contributed by atoms with Gasteiger partial charge in [0.2, 0.25) is 5.91 Å². The van der Waals surface area contributed by atoms with Crippen molar-refractivity contribution < 1.29 is 19.5 Å². The summed E-state index contributed by atoms with van der Waals surface area (Å²) in [5.41, 5.74) is 2.34. The first kappa shape index (κ1) is 18.6. The predicted molar refractivity (Wildman–Crippen MR) is 88.0 cm³/mol. The monoisotopic (exact) mass is 337 g/mol. The molecule has 0 aliphatic carbocycles. The van der Waals surface area contributed by atoms with Crippen LogP contribution in [0.25, 0.3) is 0 Å². The zero-order chi connectivity index (χ0) is 17.2. The Balaban J connectivity index is 0.00000127. The molecule has 0 atom stereocenters. The van der Waals surface area contributed by atoms with Gasteiger partial charge in [0, 0.05) is 0 Å². The first-order valence-electron chi connectivity index (χ1n) is 6.95. The maximum atomic E-state index is 11.9. The van der Waals surface area contributed by atoms with Gasteiger partial charge in [0.15, 0.2) is 5.13 Å². The fourth-order valence-electron chi connectivity index (χ4n) is 1.58. The molecule has 124 valence electrons. The van der Waals surface area contributed by atoms with Crippen LogP contribution in [0.5, 0.6) is 5.75 Å². The van der Waals surface area contributed by atoms with Gasteiger partial charge in [-0.1, -0.05) is 37.3 Å². The number of hydrogen-bond acceptors (Lipinski definition) is 6. The molecule has 0 fully saturated rings. The van der Waals surface area contributed by atoms with Gasteiger partial charge in [0.05, 0.1) is 19.7 Å². The van der Waals surface area contributed by atoms with Crippen LogP contribution in [0.2, 0.25) is 0 Å². The highest BCUT2D eigenvalue weighted by atomic mass is 32.1. The third kappa shape index (κ3) is 5.68. The lowest BCUT2D eigenvalue weighted by Crippen LogP contribution is -2.17. The number of ether oxygens (including phenoxy) is 1. The quantitative estimate of drug-likeness (QED) is 0.575. The number of hydrogen-bond donors (Lipinski definition) is 3. The number of amides is 2. The molecular formula is C15H19N3O4S. The largest absolute Gasteiger partial charge is 0.497 e. The number of carbonyl (C=O) groups is 2. The molecule has 1 aromatic carbocycles. The van der Waals surface area contributed by atoms with Gasteiger partial charge >= 0.3 is 0 Å². The van der Waals surface area contributed by atoms with Crippen molar-refractivity contribution in [1.82, 2.24) is 10.5 Å². The van der Waals surface area contributed by atoms with Crippen molar-refractivity contribution in [2.24, 2.45) is 0 Å². The van der Waals surface area contributed by atoms with E-state index in [1.54, 1.807) is 31.4 Å². The molecule has 0 saturated carbocycles. The van der Waals surface area contributed by atoms with Crippen LogP contribution < -0.4 is 15.5 Å². The van der Waals surface area contributed by atoms with E-state index in [4.69, 9.17) is 9.94 Å². The maximum absolute atomic E-state index is 11.9. The van der Waals surface area contributed by atoms with Gasteiger partial charge < -0.3 is 10.1 Å². The predicted octanol–water partition coefficient (Wildman–Crippen LogP) is 2.48. The van der Waals surface area contributed by atoms with E-state index in [2.05, 4.69) is 10.3 Å². The van der Waals surface area contributed by atoms with Gasteiger partial charge in [-0.05, 0) is 17.7 Å². The highest BCUT2D eigenvalue weighted by Gasteiger charge is 2.11. The standard InChI is InChI=1S/C13H13N3O4S.C2H6/c1-20-9-4-2-8(3-5-9)6-11(17)15-13-14-7-10(21-13)12(18)16-19;1-2/h2-5,7,19H,6H2,1H3,(H,16,18)(H,14,15,17);1-2H3. The number of thiazole rings is 1. The topological polar surface area (TPSA) is 101 Å². The van der Waals surface area contributed by atoms with Crippen molar-refractivity contribution in [2.75, 3.05) is 12.4 Å². The van der Waals surface area contributed by atoms with Crippen molar-refractivity contribution in [1.29, 1.82) is 0 Å². The third-order valence-electron chi connectivity index (χ3n) is 2.60. The Kier molecular flexibility index (Phi) is 7.72. The van der Waals surface area contributed by atoms with Crippen molar-refractivity contribution >= 4 is 28.3 Å². The van der Waals surface area contributed by atoms with Crippen LogP contribution >= 0.6 is 11.3 Å². The van der Waals surface area contributed by atoms with Crippen LogP contribution in [0.15, 0.2) is 30.5 Å². The molecular weight excluding hydrogens is 318 g/mol. The Morgan fingerprint density at radius 2 is 1.91 bits per heavy atom. The molecule has 8 heteroatoms. The van der Waals surface area contributed by atoms with Crippen LogP contribution in [0.4, 0.5) is 5.13 Å². The second-order valence-corrected chi connectivity index (χ2v) is 5.07. The van der Waals surface area contributed by atoms with E-state index >= 15 is 0 Å². The number of rotatable bonds is 5. The molecule has 1 aromatic heterocycles. The van der Waals surface area contributed by atoms with Gasteiger partial charge in [-0.3, -0.25) is 14.8 Å². The first-order chi connectivity index (χ1) is 11.1. The number of anilines is 1. The van der Waals surface area contributed by atoms with E-state index in [0.29, 0.717) is 5.13 Å². The summed E-state index contributed by atoms with van der Waals surface area (Å²) < 4.78 is 5.04. The molecule has 2 aromatic rings. The average molecular weight is 337 g/mol. The Morgan fingerprint density at radius 1 is 1.26 bits per heavy atom. The van der Waals surface area contributed by atoms with Gasteiger partial charge in [-0.15, -0.1) is 0 Å². The normalized spacial score (nSPS) is 9.39. The minimum atomic E-state index is -0.664. The summed E-state index contributed by atoms with van der Waals surface area (Å²) in [7, 11) is 1.57. The van der Waals surface area contributed by atoms with E-state index in [-0.39, 0.29) is 17.2 Å². The summed E-state index contributed by atoms with van der Waals surface area (Å²) in [6.45, 7) is 4.00. The molecule has 0 bridgehead atoms. The molecule has 0 aliphatic rings. The van der Waals surface area contributed by atoms with Gasteiger partial charge in [0.1, 0.15) is 10.6 Å². The maximum Gasteiger partial charge on any atom is 0.286 e. The lowest BCUT2D eigenvalue weighted by Gasteiger charge is -2.03. The highest BCUT2D eigenvalue weighted by molar-refractivity contribution is 7.17. The zero-order valence-electron chi connectivity index (χ0n) is 13.1.